The zero-order chi connectivity index (χ0) is 23.9. The van der Waals surface area contributed by atoms with E-state index in [0.29, 0.717) is 12.8 Å². The first-order valence-electron chi connectivity index (χ1n) is 12.0. The molecule has 8 atom stereocenters. The van der Waals surface area contributed by atoms with Gasteiger partial charge in [-0.25, -0.2) is 4.79 Å². The number of hydrogen-bond donors (Lipinski definition) is 0. The van der Waals surface area contributed by atoms with Crippen LogP contribution in [0.15, 0.2) is 34.7 Å². The molecule has 6 aliphatic rings. The minimum Gasteiger partial charge on any atom is -0.472 e. The Morgan fingerprint density at radius 2 is 1.82 bits per heavy atom. The summed E-state index contributed by atoms with van der Waals surface area (Å²) in [5.41, 5.74) is -2.32. The van der Waals surface area contributed by atoms with Crippen LogP contribution in [-0.2, 0) is 33.3 Å². The van der Waals surface area contributed by atoms with Crippen molar-refractivity contribution in [1.82, 2.24) is 0 Å². The van der Waals surface area contributed by atoms with Crippen LogP contribution >= 0.6 is 0 Å². The number of hydrogen-bond acceptors (Lipinski definition) is 8. The second-order valence-corrected chi connectivity index (χ2v) is 11.8. The molecule has 5 fully saturated rings. The van der Waals surface area contributed by atoms with Gasteiger partial charge in [0, 0.05) is 11.0 Å². The van der Waals surface area contributed by atoms with E-state index >= 15 is 0 Å². The molecule has 0 radical (unpaired) electrons. The Balaban J connectivity index is 1.44. The van der Waals surface area contributed by atoms with Crippen LogP contribution in [-0.4, -0.2) is 47.7 Å². The third-order valence-corrected chi connectivity index (χ3v) is 10.2. The van der Waals surface area contributed by atoms with Crippen molar-refractivity contribution in [3.05, 3.63) is 35.8 Å². The fourth-order valence-electron chi connectivity index (χ4n) is 8.75. The molecule has 180 valence electrons. The largest absolute Gasteiger partial charge is 0.472 e. The first-order valence-corrected chi connectivity index (χ1v) is 12.0. The van der Waals surface area contributed by atoms with E-state index in [1.807, 2.05) is 20.8 Å². The zero-order valence-electron chi connectivity index (χ0n) is 19.7. The van der Waals surface area contributed by atoms with Gasteiger partial charge in [0.05, 0.1) is 41.5 Å². The van der Waals surface area contributed by atoms with Gasteiger partial charge in [-0.3, -0.25) is 9.59 Å². The molecule has 1 aromatic heterocycles. The third kappa shape index (κ3) is 1.97. The van der Waals surface area contributed by atoms with Gasteiger partial charge in [-0.15, -0.1) is 0 Å². The lowest BCUT2D eigenvalue weighted by atomic mass is 9.39. The highest BCUT2D eigenvalue weighted by Crippen LogP contribution is 2.78. The topological polar surface area (TPSA) is 105 Å². The molecule has 8 heteroatoms. The average molecular weight is 469 g/mol. The number of fused-ring (bicyclic) bond motifs is 1. The second-order valence-electron chi connectivity index (χ2n) is 11.8. The van der Waals surface area contributed by atoms with Gasteiger partial charge in [0.2, 0.25) is 0 Å². The highest BCUT2D eigenvalue weighted by atomic mass is 16.7. The van der Waals surface area contributed by atoms with Crippen molar-refractivity contribution in [3.8, 4) is 0 Å². The number of ether oxygens (including phenoxy) is 4. The molecule has 2 spiro atoms. The molecular weight excluding hydrogens is 440 g/mol. The van der Waals surface area contributed by atoms with Gasteiger partial charge < -0.3 is 23.4 Å². The van der Waals surface area contributed by atoms with Crippen LogP contribution in [0.1, 0.15) is 58.6 Å². The minimum absolute atomic E-state index is 0.0542. The fraction of sp³-hybridized carbons (Fsp3) is 0.654. The molecule has 8 nitrogen and oxygen atoms in total. The van der Waals surface area contributed by atoms with Crippen LogP contribution in [0.2, 0.25) is 0 Å². The SMILES string of the molecule is CC1(C)O[C@H]2CC(=O)OC[C@@]23C1=CC(=O)C1(C)[C@@H]3CCC2(C)[C@H](c3ccoc3)OC(=O)C3OC321. The van der Waals surface area contributed by atoms with E-state index in [-0.39, 0.29) is 36.8 Å². The maximum absolute atomic E-state index is 14.2. The standard InChI is InChI=1S/C26H28O8/c1-22(2)15-9-16(27)24(4)14(25(15)12-31-18(28)10-17(25)33-22)5-7-23(3)19(13-6-8-30-11-13)32-21(29)20-26(23,24)34-20/h6,8-9,11,14,17,19-20H,5,7,10,12H2,1-4H3/t14-,17-,19-,20?,23?,24?,25+,26?/m0/s1. The smallest absolute Gasteiger partial charge is 0.339 e. The van der Waals surface area contributed by atoms with Crippen LogP contribution in [0, 0.1) is 22.2 Å². The number of allylic oxidation sites excluding steroid dienone is 1. The summed E-state index contributed by atoms with van der Waals surface area (Å²) in [5, 5.41) is 0. The summed E-state index contributed by atoms with van der Waals surface area (Å²) in [6, 6.07) is 1.80. The summed E-state index contributed by atoms with van der Waals surface area (Å²) in [5.74, 6) is -0.991. The molecule has 4 saturated heterocycles. The summed E-state index contributed by atoms with van der Waals surface area (Å²) in [6.07, 6.45) is 4.61. The van der Waals surface area contributed by atoms with Crippen molar-refractivity contribution in [3.63, 3.8) is 0 Å². The van der Waals surface area contributed by atoms with E-state index in [4.69, 9.17) is 23.4 Å². The molecule has 4 aliphatic heterocycles. The van der Waals surface area contributed by atoms with Crippen molar-refractivity contribution in [2.75, 3.05) is 6.61 Å². The Morgan fingerprint density at radius 3 is 2.56 bits per heavy atom. The number of carbonyl (C=O) groups excluding carboxylic acids is 3. The van der Waals surface area contributed by atoms with Crippen LogP contribution in [0.3, 0.4) is 0 Å². The third-order valence-electron chi connectivity index (χ3n) is 10.2. The summed E-state index contributed by atoms with van der Waals surface area (Å²) in [4.78, 5) is 39.5. The lowest BCUT2D eigenvalue weighted by molar-refractivity contribution is -0.210. The molecule has 0 N–H and O–H groups in total. The maximum Gasteiger partial charge on any atom is 0.339 e. The van der Waals surface area contributed by atoms with Crippen molar-refractivity contribution >= 4 is 17.7 Å². The van der Waals surface area contributed by atoms with Gasteiger partial charge in [0.25, 0.3) is 0 Å². The molecule has 4 unspecified atom stereocenters. The van der Waals surface area contributed by atoms with E-state index in [1.165, 1.54) is 0 Å². The van der Waals surface area contributed by atoms with E-state index < -0.39 is 45.6 Å². The predicted molar refractivity (Wildman–Crippen MR) is 114 cm³/mol. The van der Waals surface area contributed by atoms with E-state index in [1.54, 1.807) is 24.7 Å². The van der Waals surface area contributed by atoms with Crippen molar-refractivity contribution < 1.29 is 37.7 Å². The highest BCUT2D eigenvalue weighted by molar-refractivity contribution is 6.01. The van der Waals surface area contributed by atoms with Crippen molar-refractivity contribution in [2.45, 2.75) is 76.5 Å². The molecular formula is C26H28O8. The lowest BCUT2D eigenvalue weighted by Crippen LogP contribution is -2.70. The molecule has 0 aromatic carbocycles. The average Bonchev–Trinajstić information content (AvgIpc) is 3.26. The molecule has 1 aromatic rings. The van der Waals surface area contributed by atoms with Gasteiger partial charge >= 0.3 is 11.9 Å². The Bertz CT molecular complexity index is 1180. The molecule has 0 bridgehead atoms. The number of rotatable bonds is 1. The number of ketones is 1. The molecule has 2 aliphatic carbocycles. The predicted octanol–water partition coefficient (Wildman–Crippen LogP) is 3.06. The normalized spacial score (nSPS) is 50.0. The van der Waals surface area contributed by atoms with Gasteiger partial charge in [-0.1, -0.05) is 6.92 Å². The van der Waals surface area contributed by atoms with E-state index in [2.05, 4.69) is 6.92 Å². The number of cyclic esters (lactones) is 2. The number of esters is 2. The summed E-state index contributed by atoms with van der Waals surface area (Å²) < 4.78 is 29.7. The Morgan fingerprint density at radius 1 is 1.03 bits per heavy atom. The second kappa shape index (κ2) is 5.85. The van der Waals surface area contributed by atoms with Gasteiger partial charge in [-0.05, 0) is 57.2 Å². The Labute approximate surface area is 196 Å². The van der Waals surface area contributed by atoms with Crippen LogP contribution in [0.5, 0.6) is 0 Å². The lowest BCUT2D eigenvalue weighted by Gasteiger charge is -2.63. The van der Waals surface area contributed by atoms with Gasteiger partial charge in [0.15, 0.2) is 11.9 Å². The molecule has 34 heavy (non-hydrogen) atoms. The van der Waals surface area contributed by atoms with Crippen molar-refractivity contribution in [1.29, 1.82) is 0 Å². The number of furan rings is 1. The first kappa shape index (κ1) is 20.9. The quantitative estimate of drug-likeness (QED) is 0.458. The molecule has 1 saturated carbocycles. The maximum atomic E-state index is 14.2. The van der Waals surface area contributed by atoms with Crippen LogP contribution < -0.4 is 0 Å². The summed E-state index contributed by atoms with van der Waals surface area (Å²) >= 11 is 0. The fourth-order valence-corrected chi connectivity index (χ4v) is 8.75. The van der Waals surface area contributed by atoms with Crippen molar-refractivity contribution in [2.24, 2.45) is 22.2 Å². The zero-order valence-corrected chi connectivity index (χ0v) is 19.7. The molecule has 7 rings (SSSR count). The molecule has 0 amide bonds. The number of epoxide rings is 1. The van der Waals surface area contributed by atoms with Gasteiger partial charge in [-0.2, -0.15) is 0 Å². The monoisotopic (exact) mass is 468 g/mol. The van der Waals surface area contributed by atoms with Crippen LogP contribution in [0.4, 0.5) is 0 Å². The minimum atomic E-state index is -1.02. The highest BCUT2D eigenvalue weighted by Gasteiger charge is 2.89. The Hall–Kier alpha value is -2.45. The summed E-state index contributed by atoms with van der Waals surface area (Å²) in [7, 11) is 0. The first-order chi connectivity index (χ1) is 16.0. The Kier molecular flexibility index (Phi) is 3.59. The van der Waals surface area contributed by atoms with E-state index in [0.717, 1.165) is 11.1 Å². The summed E-state index contributed by atoms with van der Waals surface area (Å²) in [6.45, 7) is 8.09. The number of carbonyl (C=O) groups is 3. The molecule has 5 heterocycles. The van der Waals surface area contributed by atoms with Crippen LogP contribution in [0.25, 0.3) is 0 Å². The van der Waals surface area contributed by atoms with Gasteiger partial charge in [0.1, 0.15) is 18.3 Å². The van der Waals surface area contributed by atoms with E-state index in [9.17, 15) is 14.4 Å².